The molecule has 1 fully saturated rings. The first kappa shape index (κ1) is 18.1. The summed E-state index contributed by atoms with van der Waals surface area (Å²) in [7, 11) is -2.58. The highest BCUT2D eigenvalue weighted by molar-refractivity contribution is 6.99. The first-order chi connectivity index (χ1) is 11.9. The lowest BCUT2D eigenvalue weighted by Gasteiger charge is -2.43. The predicted octanol–water partition coefficient (Wildman–Crippen LogP) is 2.92. The number of Topliss-reactive ketones (excluding diaryl/α,β-unsaturated/α-hetero) is 1. The number of ether oxygens (including phenoxy) is 1. The van der Waals surface area contributed by atoms with Crippen LogP contribution in [0.1, 0.15) is 27.2 Å². The summed E-state index contributed by atoms with van der Waals surface area (Å²) in [6, 6.07) is 20.9. The molecule has 0 unspecified atom stereocenters. The van der Waals surface area contributed by atoms with E-state index in [0.29, 0.717) is 19.6 Å². The van der Waals surface area contributed by atoms with Crippen LogP contribution in [0.5, 0.6) is 0 Å². The minimum atomic E-state index is -2.58. The van der Waals surface area contributed by atoms with Gasteiger partial charge in [0.25, 0.3) is 8.32 Å². The van der Waals surface area contributed by atoms with E-state index in [1.807, 2.05) is 12.1 Å². The molecule has 2 aromatic rings. The molecule has 25 heavy (non-hydrogen) atoms. The first-order valence-corrected chi connectivity index (χ1v) is 10.8. The van der Waals surface area contributed by atoms with Crippen molar-refractivity contribution in [3.05, 3.63) is 60.7 Å². The zero-order valence-corrected chi connectivity index (χ0v) is 16.2. The van der Waals surface area contributed by atoms with Crippen LogP contribution in [0, 0.1) is 0 Å². The Morgan fingerprint density at radius 1 is 1.00 bits per heavy atom. The molecule has 0 saturated carbocycles. The van der Waals surface area contributed by atoms with Crippen LogP contribution in [0.4, 0.5) is 0 Å². The van der Waals surface area contributed by atoms with Crippen molar-refractivity contribution in [1.29, 1.82) is 0 Å². The van der Waals surface area contributed by atoms with Crippen molar-refractivity contribution >= 4 is 24.5 Å². The first-order valence-electron chi connectivity index (χ1n) is 8.84. The zero-order valence-electron chi connectivity index (χ0n) is 15.2. The van der Waals surface area contributed by atoms with Crippen molar-refractivity contribution in [3.63, 3.8) is 0 Å². The second-order valence-electron chi connectivity index (χ2n) is 7.55. The van der Waals surface area contributed by atoms with Gasteiger partial charge in [-0.05, 0) is 15.4 Å². The normalized spacial score (nSPS) is 18.5. The molecule has 0 amide bonds. The van der Waals surface area contributed by atoms with E-state index in [-0.39, 0.29) is 10.8 Å². The van der Waals surface area contributed by atoms with E-state index in [1.165, 1.54) is 10.4 Å². The smallest absolute Gasteiger partial charge is 0.261 e. The molecular formula is C21H26O3Si. The van der Waals surface area contributed by atoms with Gasteiger partial charge < -0.3 is 9.16 Å². The van der Waals surface area contributed by atoms with Gasteiger partial charge in [-0.2, -0.15) is 0 Å². The number of rotatable bonds is 5. The summed E-state index contributed by atoms with van der Waals surface area (Å²) < 4.78 is 12.3. The molecule has 2 aromatic carbocycles. The fourth-order valence-electron chi connectivity index (χ4n) is 3.66. The molecule has 4 heteroatoms. The van der Waals surface area contributed by atoms with Gasteiger partial charge in [0.15, 0.2) is 5.78 Å². The number of benzene rings is 2. The molecule has 1 aliphatic rings. The van der Waals surface area contributed by atoms with Gasteiger partial charge in [0.1, 0.15) is 6.10 Å². The lowest BCUT2D eigenvalue weighted by Crippen LogP contribution is -2.67. The summed E-state index contributed by atoms with van der Waals surface area (Å²) in [5.74, 6) is 0.151. The van der Waals surface area contributed by atoms with Crippen LogP contribution >= 0.6 is 0 Å². The number of carbonyl (C=O) groups is 1. The zero-order chi connectivity index (χ0) is 17.9. The average Bonchev–Trinajstić information content (AvgIpc) is 3.01. The Balaban J connectivity index is 2.07. The third-order valence-corrected chi connectivity index (χ3v) is 9.90. The lowest BCUT2D eigenvalue weighted by molar-refractivity contribution is -0.123. The SMILES string of the molecule is CC(C)(C)[Si](OC[C@H]1OCCC1=O)(c1ccccc1)c1ccccc1. The average molecular weight is 355 g/mol. The van der Waals surface area contributed by atoms with Crippen LogP contribution in [0.15, 0.2) is 60.7 Å². The maximum Gasteiger partial charge on any atom is 0.261 e. The third kappa shape index (κ3) is 3.47. The summed E-state index contributed by atoms with van der Waals surface area (Å²) in [5, 5.41) is 2.36. The van der Waals surface area contributed by atoms with E-state index >= 15 is 0 Å². The van der Waals surface area contributed by atoms with Gasteiger partial charge in [0.2, 0.25) is 0 Å². The third-order valence-electron chi connectivity index (χ3n) is 4.89. The molecule has 132 valence electrons. The van der Waals surface area contributed by atoms with Crippen LogP contribution < -0.4 is 10.4 Å². The topological polar surface area (TPSA) is 35.5 Å². The summed E-state index contributed by atoms with van der Waals surface area (Å²) in [5.41, 5.74) is 0. The molecule has 1 heterocycles. The van der Waals surface area contributed by atoms with Crippen LogP contribution in [0.3, 0.4) is 0 Å². The largest absolute Gasteiger partial charge is 0.404 e. The van der Waals surface area contributed by atoms with Gasteiger partial charge in [-0.3, -0.25) is 4.79 Å². The van der Waals surface area contributed by atoms with Crippen molar-refractivity contribution in [3.8, 4) is 0 Å². The van der Waals surface area contributed by atoms with Crippen molar-refractivity contribution < 1.29 is 14.0 Å². The summed E-state index contributed by atoms with van der Waals surface area (Å²) >= 11 is 0. The standard InChI is InChI=1S/C21H26O3Si/c1-21(2,3)25(17-10-6-4-7-11-17,18-12-8-5-9-13-18)24-16-20-19(22)14-15-23-20/h4-13,20H,14-16H2,1-3H3/t20-/m1/s1. The number of ketones is 1. The van der Waals surface area contributed by atoms with Crippen LogP contribution in [-0.2, 0) is 14.0 Å². The molecule has 3 nitrogen and oxygen atoms in total. The highest BCUT2D eigenvalue weighted by Gasteiger charge is 2.50. The van der Waals surface area contributed by atoms with Crippen LogP contribution in [0.25, 0.3) is 0 Å². The number of hydrogen-bond donors (Lipinski definition) is 0. The Morgan fingerprint density at radius 3 is 1.92 bits per heavy atom. The fourth-order valence-corrected chi connectivity index (χ4v) is 8.22. The molecule has 1 saturated heterocycles. The van der Waals surface area contributed by atoms with Gasteiger partial charge in [-0.1, -0.05) is 81.4 Å². The van der Waals surface area contributed by atoms with Crippen molar-refractivity contribution in [2.45, 2.75) is 38.3 Å². The Kier molecular flexibility index (Phi) is 5.23. The van der Waals surface area contributed by atoms with Gasteiger partial charge in [0, 0.05) is 6.42 Å². The van der Waals surface area contributed by atoms with Crippen molar-refractivity contribution in [2.24, 2.45) is 0 Å². The lowest BCUT2D eigenvalue weighted by atomic mass is 10.2. The fraction of sp³-hybridized carbons (Fsp3) is 0.381. The quantitative estimate of drug-likeness (QED) is 0.775. The Hall–Kier alpha value is -1.75. The Bertz CT molecular complexity index is 667. The number of carbonyl (C=O) groups excluding carboxylic acids is 1. The van der Waals surface area contributed by atoms with Crippen LogP contribution in [0.2, 0.25) is 5.04 Å². The molecule has 0 radical (unpaired) electrons. The highest BCUT2D eigenvalue weighted by Crippen LogP contribution is 2.37. The van der Waals surface area contributed by atoms with Gasteiger partial charge >= 0.3 is 0 Å². The molecule has 0 N–H and O–H groups in total. The summed E-state index contributed by atoms with van der Waals surface area (Å²) in [6.07, 6.45) is 0.0658. The second kappa shape index (κ2) is 7.24. The minimum absolute atomic E-state index is 0.0860. The summed E-state index contributed by atoms with van der Waals surface area (Å²) in [4.78, 5) is 12.0. The van der Waals surface area contributed by atoms with Crippen molar-refractivity contribution in [1.82, 2.24) is 0 Å². The molecular weight excluding hydrogens is 328 g/mol. The van der Waals surface area contributed by atoms with E-state index in [4.69, 9.17) is 9.16 Å². The Labute approximate surface area is 151 Å². The maximum absolute atomic E-state index is 12.0. The summed E-state index contributed by atoms with van der Waals surface area (Å²) in [6.45, 7) is 7.53. The van der Waals surface area contributed by atoms with Crippen molar-refractivity contribution in [2.75, 3.05) is 13.2 Å². The molecule has 0 spiro atoms. The number of hydrogen-bond acceptors (Lipinski definition) is 3. The predicted molar refractivity (Wildman–Crippen MR) is 103 cm³/mol. The molecule has 1 aliphatic heterocycles. The van der Waals surface area contributed by atoms with Gasteiger partial charge in [-0.25, -0.2) is 0 Å². The van der Waals surface area contributed by atoms with E-state index in [2.05, 4.69) is 69.3 Å². The molecule has 0 bridgehead atoms. The van der Waals surface area contributed by atoms with E-state index in [0.717, 1.165) is 0 Å². The maximum atomic E-state index is 12.0. The highest BCUT2D eigenvalue weighted by atomic mass is 28.4. The van der Waals surface area contributed by atoms with Gasteiger partial charge in [-0.15, -0.1) is 0 Å². The monoisotopic (exact) mass is 354 g/mol. The van der Waals surface area contributed by atoms with E-state index in [9.17, 15) is 4.79 Å². The van der Waals surface area contributed by atoms with E-state index < -0.39 is 14.4 Å². The van der Waals surface area contributed by atoms with Crippen LogP contribution in [-0.4, -0.2) is 33.4 Å². The second-order valence-corrected chi connectivity index (χ2v) is 11.9. The minimum Gasteiger partial charge on any atom is -0.404 e. The van der Waals surface area contributed by atoms with E-state index in [1.54, 1.807) is 0 Å². The Morgan fingerprint density at radius 2 is 1.52 bits per heavy atom. The molecule has 3 rings (SSSR count). The molecule has 0 aromatic heterocycles. The van der Waals surface area contributed by atoms with Gasteiger partial charge in [0.05, 0.1) is 13.2 Å². The molecule has 1 atom stereocenters. The molecule has 0 aliphatic carbocycles.